The average molecular weight is 272 g/mol. The van der Waals surface area contributed by atoms with Gasteiger partial charge in [-0.3, -0.25) is 0 Å². The maximum atomic E-state index is 8.65. The van der Waals surface area contributed by atoms with Crippen molar-refractivity contribution in [3.05, 3.63) is 28.2 Å². The highest BCUT2D eigenvalue weighted by Crippen LogP contribution is 2.33. The zero-order valence-corrected chi connectivity index (χ0v) is 9.96. The first kappa shape index (κ1) is 10.9. The highest BCUT2D eigenvalue weighted by atomic mass is 79.9. The van der Waals surface area contributed by atoms with Gasteiger partial charge in [-0.05, 0) is 46.3 Å². The lowest BCUT2D eigenvalue weighted by Crippen LogP contribution is -2.07. The van der Waals surface area contributed by atoms with Gasteiger partial charge in [-0.25, -0.2) is 5.48 Å². The number of hydrogen-bond acceptors (Lipinski definition) is 3. The van der Waals surface area contributed by atoms with E-state index in [-0.39, 0.29) is 0 Å². The standard InChI is InChI=1S/C11H14BrNO2/c12-11-9(6-13-14)2-1-3-10(11)15-7-8-4-5-8/h1-3,8,13-14H,4-7H2. The van der Waals surface area contributed by atoms with Gasteiger partial charge in [0.05, 0.1) is 11.1 Å². The van der Waals surface area contributed by atoms with Gasteiger partial charge in [0.2, 0.25) is 0 Å². The second-order valence-electron chi connectivity index (χ2n) is 3.82. The van der Waals surface area contributed by atoms with Crippen LogP contribution in [0.15, 0.2) is 22.7 Å². The Hall–Kier alpha value is -0.580. The van der Waals surface area contributed by atoms with Gasteiger partial charge in [-0.2, -0.15) is 0 Å². The van der Waals surface area contributed by atoms with Crippen molar-refractivity contribution in [1.82, 2.24) is 5.48 Å². The Labute approximate surface area is 97.5 Å². The van der Waals surface area contributed by atoms with Crippen LogP contribution in [0, 0.1) is 5.92 Å². The lowest BCUT2D eigenvalue weighted by atomic mass is 10.2. The fourth-order valence-corrected chi connectivity index (χ4v) is 1.90. The van der Waals surface area contributed by atoms with E-state index in [0.29, 0.717) is 6.54 Å². The van der Waals surface area contributed by atoms with Crippen LogP contribution < -0.4 is 10.2 Å². The Morgan fingerprint density at radius 2 is 2.27 bits per heavy atom. The van der Waals surface area contributed by atoms with Gasteiger partial charge >= 0.3 is 0 Å². The minimum absolute atomic E-state index is 0.418. The summed E-state index contributed by atoms with van der Waals surface area (Å²) in [5.74, 6) is 1.60. The van der Waals surface area contributed by atoms with Crippen LogP contribution in [0.5, 0.6) is 5.75 Å². The Bertz CT molecular complexity index is 339. The molecule has 1 aliphatic rings. The number of ether oxygens (including phenoxy) is 1. The Balaban J connectivity index is 2.04. The van der Waals surface area contributed by atoms with E-state index in [1.807, 2.05) is 18.2 Å². The van der Waals surface area contributed by atoms with Crippen molar-refractivity contribution >= 4 is 15.9 Å². The van der Waals surface area contributed by atoms with E-state index >= 15 is 0 Å². The molecule has 0 bridgehead atoms. The quantitative estimate of drug-likeness (QED) is 0.810. The molecule has 0 aliphatic heterocycles. The zero-order chi connectivity index (χ0) is 10.7. The number of nitrogens with one attached hydrogen (secondary N) is 1. The van der Waals surface area contributed by atoms with E-state index in [2.05, 4.69) is 21.4 Å². The van der Waals surface area contributed by atoms with E-state index in [4.69, 9.17) is 9.94 Å². The molecule has 0 saturated heterocycles. The number of hydroxylamine groups is 1. The molecule has 82 valence electrons. The summed E-state index contributed by atoms with van der Waals surface area (Å²) < 4.78 is 6.61. The fraction of sp³-hybridized carbons (Fsp3) is 0.455. The molecule has 15 heavy (non-hydrogen) atoms. The topological polar surface area (TPSA) is 41.5 Å². The summed E-state index contributed by atoms with van der Waals surface area (Å²) in [6, 6.07) is 5.81. The molecule has 0 atom stereocenters. The smallest absolute Gasteiger partial charge is 0.133 e. The molecule has 1 aliphatic carbocycles. The number of rotatable bonds is 5. The summed E-state index contributed by atoms with van der Waals surface area (Å²) in [4.78, 5) is 0. The van der Waals surface area contributed by atoms with E-state index in [1.54, 1.807) is 0 Å². The number of benzene rings is 1. The summed E-state index contributed by atoms with van der Waals surface area (Å²) in [6.45, 7) is 1.22. The first-order valence-electron chi connectivity index (χ1n) is 5.08. The molecule has 2 N–H and O–H groups in total. The highest BCUT2D eigenvalue weighted by Gasteiger charge is 2.22. The fourth-order valence-electron chi connectivity index (χ4n) is 1.38. The maximum Gasteiger partial charge on any atom is 0.133 e. The molecule has 0 amide bonds. The van der Waals surface area contributed by atoms with Crippen LogP contribution in [-0.4, -0.2) is 11.8 Å². The van der Waals surface area contributed by atoms with Gasteiger partial charge in [0.25, 0.3) is 0 Å². The lowest BCUT2D eigenvalue weighted by molar-refractivity contribution is 0.161. The van der Waals surface area contributed by atoms with Crippen LogP contribution >= 0.6 is 15.9 Å². The van der Waals surface area contributed by atoms with Crippen LogP contribution in [0.2, 0.25) is 0 Å². The van der Waals surface area contributed by atoms with Gasteiger partial charge in [0, 0.05) is 6.54 Å². The molecular weight excluding hydrogens is 258 g/mol. The Morgan fingerprint density at radius 1 is 1.47 bits per heavy atom. The Kier molecular flexibility index (Phi) is 3.61. The predicted molar refractivity (Wildman–Crippen MR) is 61.0 cm³/mol. The second-order valence-corrected chi connectivity index (χ2v) is 4.61. The molecule has 0 aromatic heterocycles. The molecule has 1 saturated carbocycles. The van der Waals surface area contributed by atoms with E-state index in [1.165, 1.54) is 12.8 Å². The first-order valence-corrected chi connectivity index (χ1v) is 5.87. The molecule has 1 fully saturated rings. The summed E-state index contributed by atoms with van der Waals surface area (Å²) in [7, 11) is 0. The third-order valence-electron chi connectivity index (χ3n) is 2.48. The summed E-state index contributed by atoms with van der Waals surface area (Å²) >= 11 is 3.48. The van der Waals surface area contributed by atoms with Gasteiger partial charge in [0.15, 0.2) is 0 Å². The van der Waals surface area contributed by atoms with Crippen molar-refractivity contribution in [3.8, 4) is 5.75 Å². The van der Waals surface area contributed by atoms with Gasteiger partial charge < -0.3 is 9.94 Å². The largest absolute Gasteiger partial charge is 0.492 e. The maximum absolute atomic E-state index is 8.65. The number of hydrogen-bond donors (Lipinski definition) is 2. The summed E-state index contributed by atoms with van der Waals surface area (Å²) in [5.41, 5.74) is 3.14. The van der Waals surface area contributed by atoms with Crippen molar-refractivity contribution in [2.75, 3.05) is 6.61 Å². The highest BCUT2D eigenvalue weighted by molar-refractivity contribution is 9.10. The van der Waals surface area contributed by atoms with Crippen molar-refractivity contribution in [1.29, 1.82) is 0 Å². The molecule has 3 nitrogen and oxygen atoms in total. The summed E-state index contributed by atoms with van der Waals surface area (Å²) in [6.07, 6.45) is 2.57. The van der Waals surface area contributed by atoms with E-state index in [9.17, 15) is 0 Å². The molecule has 0 heterocycles. The molecule has 0 spiro atoms. The first-order chi connectivity index (χ1) is 7.31. The molecule has 2 rings (SSSR count). The number of halogens is 1. The second kappa shape index (κ2) is 4.96. The van der Waals surface area contributed by atoms with Crippen LogP contribution in [0.1, 0.15) is 18.4 Å². The minimum atomic E-state index is 0.418. The third kappa shape index (κ3) is 2.93. The Morgan fingerprint density at radius 3 is 2.93 bits per heavy atom. The van der Waals surface area contributed by atoms with Crippen molar-refractivity contribution in [2.45, 2.75) is 19.4 Å². The molecule has 0 unspecified atom stereocenters. The average Bonchev–Trinajstić information content (AvgIpc) is 3.03. The predicted octanol–water partition coefficient (Wildman–Crippen LogP) is 2.72. The minimum Gasteiger partial charge on any atom is -0.492 e. The van der Waals surface area contributed by atoms with E-state index < -0.39 is 0 Å². The van der Waals surface area contributed by atoms with Crippen LogP contribution in [0.25, 0.3) is 0 Å². The van der Waals surface area contributed by atoms with Crippen LogP contribution in [0.3, 0.4) is 0 Å². The molecule has 0 radical (unpaired) electrons. The third-order valence-corrected chi connectivity index (χ3v) is 3.38. The van der Waals surface area contributed by atoms with Crippen LogP contribution in [0.4, 0.5) is 0 Å². The van der Waals surface area contributed by atoms with Crippen LogP contribution in [-0.2, 0) is 6.54 Å². The molecule has 4 heteroatoms. The zero-order valence-electron chi connectivity index (χ0n) is 8.37. The van der Waals surface area contributed by atoms with Crippen molar-refractivity contribution < 1.29 is 9.94 Å². The molecule has 1 aromatic rings. The van der Waals surface area contributed by atoms with Crippen molar-refractivity contribution in [3.63, 3.8) is 0 Å². The normalized spacial score (nSPS) is 15.3. The SMILES string of the molecule is ONCc1cccc(OCC2CC2)c1Br. The lowest BCUT2D eigenvalue weighted by Gasteiger charge is -2.10. The monoisotopic (exact) mass is 271 g/mol. The van der Waals surface area contributed by atoms with Crippen molar-refractivity contribution in [2.24, 2.45) is 5.92 Å². The molecular formula is C11H14BrNO2. The summed E-state index contributed by atoms with van der Waals surface area (Å²) in [5, 5.41) is 8.65. The molecule has 1 aromatic carbocycles. The van der Waals surface area contributed by atoms with Gasteiger partial charge in [0.1, 0.15) is 5.75 Å². The van der Waals surface area contributed by atoms with Gasteiger partial charge in [-0.15, -0.1) is 0 Å². The van der Waals surface area contributed by atoms with Gasteiger partial charge in [-0.1, -0.05) is 12.1 Å². The van der Waals surface area contributed by atoms with E-state index in [0.717, 1.165) is 28.3 Å².